The predicted molar refractivity (Wildman–Crippen MR) is 169 cm³/mol. The zero-order valence-electron chi connectivity index (χ0n) is 22.6. The quantitative estimate of drug-likeness (QED) is 0.174. The number of aromatic hydroxyl groups is 1. The van der Waals surface area contributed by atoms with Crippen LogP contribution in [-0.2, 0) is 6.54 Å². The number of nitrogens with zero attached hydrogens (tertiary/aromatic N) is 2. The second-order valence-corrected chi connectivity index (χ2v) is 15.3. The molecule has 4 rings (SSSR count). The predicted octanol–water partition coefficient (Wildman–Crippen LogP) is 10.7. The van der Waals surface area contributed by atoms with Crippen LogP contribution in [0.4, 0.5) is 0 Å². The Morgan fingerprint density at radius 1 is 0.816 bits per heavy atom. The van der Waals surface area contributed by atoms with Crippen LogP contribution in [0.25, 0.3) is 10.6 Å². The number of fused-ring (bicyclic) bond motifs is 1. The number of rotatable bonds is 15. The molecule has 3 aromatic rings. The number of halogens is 2. The molecule has 1 amide bonds. The van der Waals surface area contributed by atoms with Crippen molar-refractivity contribution >= 4 is 66.2 Å². The number of unbranched alkanes of at least 4 members (excludes halogenated alkanes) is 2. The van der Waals surface area contributed by atoms with Gasteiger partial charge in [-0.3, -0.25) is 4.79 Å². The fourth-order valence-corrected chi connectivity index (χ4v) is 8.46. The lowest BCUT2D eigenvalue weighted by Gasteiger charge is -2.23. The number of hydrogen-bond acceptors (Lipinski definition) is 4. The third kappa shape index (κ3) is 6.73. The SMILES string of the molecule is CCCCC(CCC)CCC(CCCC)Cn1c(O)c2c(c1-c1ccc(Br)s1)C(=O)N=C2c1ccc(Br)s1. The van der Waals surface area contributed by atoms with Gasteiger partial charge in [-0.1, -0.05) is 72.1 Å². The number of aliphatic imine (C=N–C) groups is 1. The fraction of sp³-hybridized carbons (Fsp3) is 0.533. The Bertz CT molecular complexity index is 1270. The van der Waals surface area contributed by atoms with Gasteiger partial charge in [-0.05, 0) is 80.8 Å². The Hall–Kier alpha value is -1.22. The van der Waals surface area contributed by atoms with Gasteiger partial charge in [0.25, 0.3) is 5.91 Å². The van der Waals surface area contributed by atoms with Gasteiger partial charge in [0, 0.05) is 6.54 Å². The molecular formula is C30H38Br2N2O2S2. The molecular weight excluding hydrogens is 644 g/mol. The largest absolute Gasteiger partial charge is 0.494 e. The molecule has 38 heavy (non-hydrogen) atoms. The third-order valence-corrected chi connectivity index (χ3v) is 10.8. The molecule has 2 unspecified atom stereocenters. The van der Waals surface area contributed by atoms with Crippen molar-refractivity contribution in [3.8, 4) is 16.5 Å². The summed E-state index contributed by atoms with van der Waals surface area (Å²) in [4.78, 5) is 19.6. The van der Waals surface area contributed by atoms with Crippen LogP contribution in [-0.4, -0.2) is 21.3 Å². The molecule has 8 heteroatoms. The number of carbonyl (C=O) groups is 1. The van der Waals surface area contributed by atoms with Gasteiger partial charge in [0.15, 0.2) is 0 Å². The summed E-state index contributed by atoms with van der Waals surface area (Å²) in [5.74, 6) is 1.13. The molecule has 1 aliphatic heterocycles. The molecule has 4 nitrogen and oxygen atoms in total. The highest BCUT2D eigenvalue weighted by molar-refractivity contribution is 9.11. The summed E-state index contributed by atoms with van der Waals surface area (Å²) in [5, 5.41) is 11.7. The Balaban J connectivity index is 1.71. The normalized spacial score (nSPS) is 14.7. The fourth-order valence-electron chi connectivity index (χ4n) is 5.63. The zero-order chi connectivity index (χ0) is 27.2. The van der Waals surface area contributed by atoms with Crippen molar-refractivity contribution in [2.45, 2.75) is 91.5 Å². The molecule has 0 bridgehead atoms. The van der Waals surface area contributed by atoms with Crippen molar-refractivity contribution in [3.63, 3.8) is 0 Å². The highest BCUT2D eigenvalue weighted by Gasteiger charge is 2.37. The van der Waals surface area contributed by atoms with E-state index in [0.29, 0.717) is 29.3 Å². The summed E-state index contributed by atoms with van der Waals surface area (Å²) in [7, 11) is 0. The summed E-state index contributed by atoms with van der Waals surface area (Å²) in [6.45, 7) is 7.53. The number of hydrogen-bond donors (Lipinski definition) is 1. The maximum atomic E-state index is 13.3. The van der Waals surface area contributed by atoms with Gasteiger partial charge in [-0.15, -0.1) is 22.7 Å². The van der Waals surface area contributed by atoms with Crippen molar-refractivity contribution < 1.29 is 9.90 Å². The lowest BCUT2D eigenvalue weighted by atomic mass is 9.87. The van der Waals surface area contributed by atoms with Gasteiger partial charge in [0.05, 0.1) is 39.9 Å². The van der Waals surface area contributed by atoms with E-state index in [1.807, 2.05) is 28.8 Å². The van der Waals surface area contributed by atoms with Gasteiger partial charge >= 0.3 is 0 Å². The van der Waals surface area contributed by atoms with Crippen LogP contribution in [0.2, 0.25) is 0 Å². The van der Waals surface area contributed by atoms with E-state index in [0.717, 1.165) is 48.2 Å². The monoisotopic (exact) mass is 680 g/mol. The van der Waals surface area contributed by atoms with Crippen LogP contribution in [0.1, 0.15) is 106 Å². The van der Waals surface area contributed by atoms with Crippen molar-refractivity contribution in [2.24, 2.45) is 16.8 Å². The molecule has 4 heterocycles. The highest BCUT2D eigenvalue weighted by Crippen LogP contribution is 2.45. The molecule has 0 fully saturated rings. The van der Waals surface area contributed by atoms with E-state index in [-0.39, 0.29) is 11.8 Å². The molecule has 0 saturated carbocycles. The van der Waals surface area contributed by atoms with Gasteiger partial charge < -0.3 is 9.67 Å². The third-order valence-electron chi connectivity index (χ3n) is 7.57. The molecule has 0 aliphatic carbocycles. The first kappa shape index (κ1) is 29.8. The maximum absolute atomic E-state index is 13.3. The topological polar surface area (TPSA) is 54.6 Å². The Labute approximate surface area is 251 Å². The van der Waals surface area contributed by atoms with E-state index < -0.39 is 0 Å². The molecule has 0 saturated heterocycles. The molecule has 3 aromatic heterocycles. The molecule has 2 atom stereocenters. The maximum Gasteiger partial charge on any atom is 0.280 e. The van der Waals surface area contributed by atoms with E-state index in [1.54, 1.807) is 11.3 Å². The van der Waals surface area contributed by atoms with Crippen molar-refractivity contribution in [1.29, 1.82) is 0 Å². The van der Waals surface area contributed by atoms with E-state index in [2.05, 4.69) is 57.6 Å². The average molecular weight is 683 g/mol. The van der Waals surface area contributed by atoms with Crippen molar-refractivity contribution in [3.05, 3.63) is 47.8 Å². The van der Waals surface area contributed by atoms with Gasteiger partial charge in [-0.25, -0.2) is 4.99 Å². The summed E-state index contributed by atoms with van der Waals surface area (Å²) < 4.78 is 4.00. The van der Waals surface area contributed by atoms with Gasteiger partial charge in [0.1, 0.15) is 0 Å². The summed E-state index contributed by atoms with van der Waals surface area (Å²) in [5.41, 5.74) is 2.52. The minimum absolute atomic E-state index is 0.172. The van der Waals surface area contributed by atoms with Crippen LogP contribution in [0.3, 0.4) is 0 Å². The summed E-state index contributed by atoms with van der Waals surface area (Å²) >= 11 is 10.3. The van der Waals surface area contributed by atoms with Crippen LogP contribution in [0.15, 0.2) is 36.8 Å². The van der Waals surface area contributed by atoms with Crippen molar-refractivity contribution in [2.75, 3.05) is 0 Å². The van der Waals surface area contributed by atoms with E-state index >= 15 is 0 Å². The second kappa shape index (κ2) is 13.9. The Morgan fingerprint density at radius 3 is 2.00 bits per heavy atom. The molecule has 1 N–H and O–H groups in total. The van der Waals surface area contributed by atoms with Crippen molar-refractivity contribution in [1.82, 2.24) is 4.57 Å². The number of aromatic nitrogens is 1. The molecule has 0 aromatic carbocycles. The second-order valence-electron chi connectivity index (χ2n) is 10.4. The summed E-state index contributed by atoms with van der Waals surface area (Å²) in [6, 6.07) is 7.97. The van der Waals surface area contributed by atoms with Gasteiger partial charge in [-0.2, -0.15) is 0 Å². The standard InChI is InChI=1S/C30H38Br2N2O2S2/c1-4-7-10-19(9-6-3)12-13-20(11-8-5-2)18-34-28(22-15-17-24(32)38-22)26-25(30(34)36)27(33-29(26)35)21-14-16-23(31)37-21/h14-17,19-20,36H,4-13,18H2,1-3H3. The molecule has 206 valence electrons. The number of amides is 1. The van der Waals surface area contributed by atoms with E-state index in [1.165, 1.54) is 56.3 Å². The first-order valence-electron chi connectivity index (χ1n) is 14.0. The molecule has 1 aliphatic rings. The van der Waals surface area contributed by atoms with Crippen LogP contribution in [0.5, 0.6) is 5.88 Å². The minimum Gasteiger partial charge on any atom is -0.494 e. The highest BCUT2D eigenvalue weighted by atomic mass is 79.9. The smallest absolute Gasteiger partial charge is 0.280 e. The zero-order valence-corrected chi connectivity index (χ0v) is 27.4. The Kier molecular flexibility index (Phi) is 10.9. The first-order valence-corrected chi connectivity index (χ1v) is 17.2. The molecule has 0 spiro atoms. The number of thiophene rings is 2. The van der Waals surface area contributed by atoms with E-state index in [4.69, 9.17) is 0 Å². The van der Waals surface area contributed by atoms with Crippen LogP contribution < -0.4 is 0 Å². The lowest BCUT2D eigenvalue weighted by Crippen LogP contribution is -2.14. The first-order chi connectivity index (χ1) is 18.4. The Morgan fingerprint density at radius 2 is 1.42 bits per heavy atom. The molecule has 0 radical (unpaired) electrons. The van der Waals surface area contributed by atoms with Crippen LogP contribution in [0, 0.1) is 11.8 Å². The van der Waals surface area contributed by atoms with Gasteiger partial charge in [0.2, 0.25) is 5.88 Å². The summed E-state index contributed by atoms with van der Waals surface area (Å²) in [6.07, 6.45) is 12.2. The lowest BCUT2D eigenvalue weighted by molar-refractivity contribution is 0.101. The van der Waals surface area contributed by atoms with Crippen LogP contribution >= 0.6 is 54.5 Å². The minimum atomic E-state index is -0.263. The van der Waals surface area contributed by atoms with E-state index in [9.17, 15) is 9.90 Å². The number of carbonyl (C=O) groups excluding carboxylic acids is 1. The average Bonchev–Trinajstić information content (AvgIpc) is 3.66.